The number of rotatable bonds is 7. The van der Waals surface area contributed by atoms with Gasteiger partial charge in [-0.2, -0.15) is 0 Å². The van der Waals surface area contributed by atoms with E-state index in [0.29, 0.717) is 18.7 Å². The second-order valence-corrected chi connectivity index (χ2v) is 10.5. The first-order chi connectivity index (χ1) is 17.8. The van der Waals surface area contributed by atoms with Crippen LogP contribution in [0, 0.1) is 11.8 Å². The van der Waals surface area contributed by atoms with Gasteiger partial charge in [0, 0.05) is 37.2 Å². The molecule has 2 aliphatic rings. The molecule has 0 radical (unpaired) electrons. The molecule has 3 atom stereocenters. The van der Waals surface area contributed by atoms with Crippen molar-refractivity contribution in [3.05, 3.63) is 42.1 Å². The van der Waals surface area contributed by atoms with Crippen molar-refractivity contribution in [3.8, 4) is 22.8 Å². The fourth-order valence-electron chi connectivity index (χ4n) is 5.28. The van der Waals surface area contributed by atoms with Gasteiger partial charge in [-0.05, 0) is 43.5 Å². The monoisotopic (exact) mass is 509 g/mol. The highest BCUT2D eigenvalue weighted by molar-refractivity contribution is 5.98. The highest BCUT2D eigenvalue weighted by atomic mass is 16.5. The third-order valence-electron chi connectivity index (χ3n) is 7.73. The van der Waals surface area contributed by atoms with Crippen LogP contribution in [0.5, 0.6) is 11.6 Å². The Bertz CT molecular complexity index is 1080. The number of pyridine rings is 1. The molecule has 1 aliphatic carbocycles. The van der Waals surface area contributed by atoms with E-state index in [2.05, 4.69) is 4.98 Å². The molecular weight excluding hydrogens is 470 g/mol. The molecule has 1 saturated carbocycles. The lowest BCUT2D eigenvalue weighted by atomic mass is 9.88. The molecule has 1 aliphatic heterocycles. The molecule has 1 aromatic heterocycles. The summed E-state index contributed by atoms with van der Waals surface area (Å²) in [5.74, 6) is 0.943. The molecule has 1 N–H and O–H groups in total. The molecule has 8 heteroatoms. The first-order valence-corrected chi connectivity index (χ1v) is 13.3. The van der Waals surface area contributed by atoms with Gasteiger partial charge in [0.15, 0.2) is 0 Å². The summed E-state index contributed by atoms with van der Waals surface area (Å²) in [5.41, 5.74) is 2.03. The number of nitrogens with zero attached hydrogens (tertiary/aromatic N) is 3. The van der Waals surface area contributed by atoms with Crippen molar-refractivity contribution in [2.45, 2.75) is 58.1 Å². The Labute approximate surface area is 219 Å². The van der Waals surface area contributed by atoms with Crippen LogP contribution in [-0.4, -0.2) is 77.7 Å². The topological polar surface area (TPSA) is 92.2 Å². The Morgan fingerprint density at radius 3 is 2.57 bits per heavy atom. The van der Waals surface area contributed by atoms with E-state index in [4.69, 9.17) is 9.47 Å². The van der Waals surface area contributed by atoms with Crippen LogP contribution < -0.4 is 9.47 Å². The van der Waals surface area contributed by atoms with Gasteiger partial charge in [0.25, 0.3) is 5.91 Å². The zero-order valence-electron chi connectivity index (χ0n) is 22.4. The fraction of sp³-hybridized carbons (Fsp3) is 0.552. The van der Waals surface area contributed by atoms with Crippen molar-refractivity contribution in [2.75, 3.05) is 33.9 Å². The van der Waals surface area contributed by atoms with Crippen LogP contribution in [0.25, 0.3) is 11.1 Å². The van der Waals surface area contributed by atoms with Gasteiger partial charge in [-0.3, -0.25) is 9.59 Å². The third kappa shape index (κ3) is 6.06. The van der Waals surface area contributed by atoms with E-state index in [1.165, 1.54) is 6.42 Å². The number of fused-ring (bicyclic) bond motifs is 1. The van der Waals surface area contributed by atoms with E-state index in [1.807, 2.05) is 45.2 Å². The molecular formula is C29H39N3O5. The molecule has 0 unspecified atom stereocenters. The molecule has 37 heavy (non-hydrogen) atoms. The number of likely N-dealkylation sites (N-methyl/N-ethyl adjacent to an activating group) is 1. The number of aliphatic hydroxyl groups excluding tert-OH is 1. The number of aromatic nitrogens is 1. The minimum Gasteiger partial charge on any atom is -0.497 e. The lowest BCUT2D eigenvalue weighted by molar-refractivity contribution is -0.136. The molecule has 0 spiro atoms. The molecule has 1 fully saturated rings. The SMILES string of the molecule is COc1ccc(-c2cnc3c(c2)C(=O)N([C@@H](C)CO)C[C@@H](C)[C@H](CN(C)C(=O)C2CCCCC2)O3)cc1. The summed E-state index contributed by atoms with van der Waals surface area (Å²) < 4.78 is 11.6. The van der Waals surface area contributed by atoms with Gasteiger partial charge in [-0.1, -0.05) is 38.3 Å². The Balaban J connectivity index is 1.64. The number of ether oxygens (including phenoxy) is 2. The zero-order chi connectivity index (χ0) is 26.5. The van der Waals surface area contributed by atoms with E-state index >= 15 is 0 Å². The second-order valence-electron chi connectivity index (χ2n) is 10.5. The van der Waals surface area contributed by atoms with Gasteiger partial charge in [0.1, 0.15) is 17.4 Å². The molecule has 1 aromatic carbocycles. The average Bonchev–Trinajstić information content (AvgIpc) is 2.94. The predicted molar refractivity (Wildman–Crippen MR) is 142 cm³/mol. The minimum atomic E-state index is -0.368. The Morgan fingerprint density at radius 2 is 1.92 bits per heavy atom. The Kier molecular flexibility index (Phi) is 8.69. The van der Waals surface area contributed by atoms with Crippen molar-refractivity contribution in [1.82, 2.24) is 14.8 Å². The van der Waals surface area contributed by atoms with Crippen LogP contribution >= 0.6 is 0 Å². The molecule has 2 aromatic rings. The summed E-state index contributed by atoms with van der Waals surface area (Å²) in [6, 6.07) is 8.99. The first-order valence-electron chi connectivity index (χ1n) is 13.3. The number of carbonyl (C=O) groups excluding carboxylic acids is 2. The van der Waals surface area contributed by atoms with E-state index in [9.17, 15) is 14.7 Å². The highest BCUT2D eigenvalue weighted by Crippen LogP contribution is 2.31. The molecule has 2 heterocycles. The second kappa shape index (κ2) is 11.9. The summed E-state index contributed by atoms with van der Waals surface area (Å²) in [7, 11) is 3.46. The molecule has 8 nitrogen and oxygen atoms in total. The van der Waals surface area contributed by atoms with Crippen molar-refractivity contribution in [1.29, 1.82) is 0 Å². The number of hydrogen-bond donors (Lipinski definition) is 1. The summed E-state index contributed by atoms with van der Waals surface area (Å²) in [6.07, 6.45) is 6.64. The molecule has 200 valence electrons. The smallest absolute Gasteiger partial charge is 0.259 e. The van der Waals surface area contributed by atoms with Crippen LogP contribution in [0.1, 0.15) is 56.3 Å². The van der Waals surface area contributed by atoms with Gasteiger partial charge in [-0.15, -0.1) is 0 Å². The maximum Gasteiger partial charge on any atom is 0.259 e. The van der Waals surface area contributed by atoms with Gasteiger partial charge in [0.2, 0.25) is 11.8 Å². The Hall–Kier alpha value is -3.13. The third-order valence-corrected chi connectivity index (χ3v) is 7.73. The summed E-state index contributed by atoms with van der Waals surface area (Å²) in [4.78, 5) is 34.9. The summed E-state index contributed by atoms with van der Waals surface area (Å²) in [6.45, 7) is 4.52. The van der Waals surface area contributed by atoms with E-state index in [0.717, 1.165) is 42.6 Å². The van der Waals surface area contributed by atoms with Gasteiger partial charge in [-0.25, -0.2) is 4.98 Å². The van der Waals surface area contributed by atoms with Crippen molar-refractivity contribution < 1.29 is 24.2 Å². The van der Waals surface area contributed by atoms with Gasteiger partial charge < -0.3 is 24.4 Å². The van der Waals surface area contributed by atoms with Crippen LogP contribution in [0.2, 0.25) is 0 Å². The van der Waals surface area contributed by atoms with E-state index in [1.54, 1.807) is 29.2 Å². The quantitative estimate of drug-likeness (QED) is 0.606. The largest absolute Gasteiger partial charge is 0.497 e. The molecule has 0 bridgehead atoms. The lowest BCUT2D eigenvalue weighted by Gasteiger charge is -2.38. The van der Waals surface area contributed by atoms with Crippen LogP contribution in [0.4, 0.5) is 0 Å². The molecule has 2 amide bonds. The zero-order valence-corrected chi connectivity index (χ0v) is 22.4. The number of aliphatic hydroxyl groups is 1. The van der Waals surface area contributed by atoms with Crippen molar-refractivity contribution >= 4 is 11.8 Å². The van der Waals surface area contributed by atoms with Gasteiger partial charge in [0.05, 0.1) is 26.3 Å². The number of benzene rings is 1. The standard InChI is InChI=1S/C29H39N3O5/c1-19-16-32(20(2)18-33)29(35)25-14-23(21-10-12-24(36-4)13-11-21)15-30-27(25)37-26(19)17-31(3)28(34)22-8-6-5-7-9-22/h10-15,19-20,22,26,33H,5-9,16-18H2,1-4H3/t19-,20+,26+/m1/s1. The normalized spacial score (nSPS) is 21.3. The van der Waals surface area contributed by atoms with E-state index in [-0.39, 0.29) is 48.3 Å². The average molecular weight is 510 g/mol. The lowest BCUT2D eigenvalue weighted by Crippen LogP contribution is -2.51. The molecule has 0 saturated heterocycles. The number of hydrogen-bond acceptors (Lipinski definition) is 6. The van der Waals surface area contributed by atoms with Crippen LogP contribution in [0.3, 0.4) is 0 Å². The van der Waals surface area contributed by atoms with E-state index < -0.39 is 0 Å². The van der Waals surface area contributed by atoms with Crippen LogP contribution in [-0.2, 0) is 4.79 Å². The number of carbonyl (C=O) groups is 2. The Morgan fingerprint density at radius 1 is 1.22 bits per heavy atom. The number of methoxy groups -OCH3 is 1. The van der Waals surface area contributed by atoms with Gasteiger partial charge >= 0.3 is 0 Å². The first kappa shape index (κ1) is 26.9. The predicted octanol–water partition coefficient (Wildman–Crippen LogP) is 4.02. The van der Waals surface area contributed by atoms with Crippen molar-refractivity contribution in [3.63, 3.8) is 0 Å². The fourth-order valence-corrected chi connectivity index (χ4v) is 5.28. The summed E-state index contributed by atoms with van der Waals surface area (Å²) >= 11 is 0. The molecule has 4 rings (SSSR count). The maximum absolute atomic E-state index is 13.7. The maximum atomic E-state index is 13.7. The minimum absolute atomic E-state index is 0.0734. The van der Waals surface area contributed by atoms with Crippen molar-refractivity contribution in [2.24, 2.45) is 11.8 Å². The van der Waals surface area contributed by atoms with Crippen LogP contribution in [0.15, 0.2) is 36.5 Å². The number of amides is 2. The summed E-state index contributed by atoms with van der Waals surface area (Å²) in [5, 5.41) is 9.91. The highest BCUT2D eigenvalue weighted by Gasteiger charge is 2.35.